The summed E-state index contributed by atoms with van der Waals surface area (Å²) in [5.41, 5.74) is 2.06. The maximum atomic E-state index is 11.7. The molecule has 0 aliphatic carbocycles. The summed E-state index contributed by atoms with van der Waals surface area (Å²) in [6.07, 6.45) is 1.65. The van der Waals surface area contributed by atoms with Crippen molar-refractivity contribution in [3.63, 3.8) is 0 Å². The van der Waals surface area contributed by atoms with Crippen molar-refractivity contribution in [3.05, 3.63) is 47.8 Å². The predicted octanol–water partition coefficient (Wildman–Crippen LogP) is 2.23. The van der Waals surface area contributed by atoms with E-state index >= 15 is 0 Å². The molecule has 5 heteroatoms. The zero-order chi connectivity index (χ0) is 14.4. The molecule has 0 aliphatic heterocycles. The van der Waals surface area contributed by atoms with Gasteiger partial charge in [-0.05, 0) is 29.7 Å². The van der Waals surface area contributed by atoms with Gasteiger partial charge in [-0.2, -0.15) is 5.10 Å². The van der Waals surface area contributed by atoms with Crippen molar-refractivity contribution in [1.29, 1.82) is 0 Å². The molecule has 0 atom stereocenters. The number of nitrogens with zero attached hydrogens (tertiary/aromatic N) is 1. The van der Waals surface area contributed by atoms with Gasteiger partial charge in [0.05, 0.1) is 12.2 Å². The normalized spacial score (nSPS) is 10.6. The average Bonchev–Trinajstić information content (AvgIpc) is 2.96. The highest BCUT2D eigenvalue weighted by Crippen LogP contribution is 2.19. The van der Waals surface area contributed by atoms with Crippen molar-refractivity contribution in [1.82, 2.24) is 15.5 Å². The Bertz CT molecular complexity index is 550. The predicted molar refractivity (Wildman–Crippen MR) is 76.5 cm³/mol. The van der Waals surface area contributed by atoms with E-state index in [1.807, 2.05) is 24.3 Å². The number of nitrogens with one attached hydrogen (secondary N) is 2. The third-order valence-corrected chi connectivity index (χ3v) is 2.93. The molecule has 2 rings (SSSR count). The van der Waals surface area contributed by atoms with Gasteiger partial charge < -0.3 is 10.1 Å². The zero-order valence-corrected chi connectivity index (χ0v) is 11.7. The van der Waals surface area contributed by atoms with E-state index in [2.05, 4.69) is 35.4 Å². The summed E-state index contributed by atoms with van der Waals surface area (Å²) in [6.45, 7) is 4.68. The Morgan fingerprint density at radius 3 is 2.95 bits per heavy atom. The molecule has 5 nitrogen and oxygen atoms in total. The third-order valence-electron chi connectivity index (χ3n) is 2.93. The Kier molecular flexibility index (Phi) is 4.76. The maximum Gasteiger partial charge on any atom is 0.258 e. The largest absolute Gasteiger partial charge is 0.484 e. The molecule has 0 aliphatic rings. The molecular formula is C15H19N3O2. The molecular weight excluding hydrogens is 254 g/mol. The highest BCUT2D eigenvalue weighted by Gasteiger charge is 2.05. The minimum absolute atomic E-state index is 0.00961. The fourth-order valence-corrected chi connectivity index (χ4v) is 1.74. The molecule has 1 amide bonds. The SMILES string of the molecule is CC(C)c1cccc(OCC(=O)NCc2ccn[nH]2)c1. The molecule has 2 aromatic rings. The molecule has 0 saturated heterocycles. The molecule has 0 radical (unpaired) electrons. The summed E-state index contributed by atoms with van der Waals surface area (Å²) in [7, 11) is 0. The Morgan fingerprint density at radius 2 is 2.25 bits per heavy atom. The number of H-pyrrole nitrogens is 1. The van der Waals surface area contributed by atoms with Gasteiger partial charge in [0.1, 0.15) is 5.75 Å². The summed E-state index contributed by atoms with van der Waals surface area (Å²) in [4.78, 5) is 11.7. The fraction of sp³-hybridized carbons (Fsp3) is 0.333. The van der Waals surface area contributed by atoms with Gasteiger partial charge in [-0.1, -0.05) is 26.0 Å². The van der Waals surface area contributed by atoms with E-state index in [0.29, 0.717) is 18.2 Å². The van der Waals surface area contributed by atoms with Gasteiger partial charge in [0.15, 0.2) is 6.61 Å². The van der Waals surface area contributed by atoms with Crippen LogP contribution in [0.4, 0.5) is 0 Å². The molecule has 0 unspecified atom stereocenters. The molecule has 0 fully saturated rings. The van der Waals surface area contributed by atoms with Crippen LogP contribution in [0, 0.1) is 0 Å². The highest BCUT2D eigenvalue weighted by atomic mass is 16.5. The zero-order valence-electron chi connectivity index (χ0n) is 11.7. The molecule has 1 aromatic heterocycles. The van der Waals surface area contributed by atoms with Crippen molar-refractivity contribution in [3.8, 4) is 5.75 Å². The molecule has 1 heterocycles. The van der Waals surface area contributed by atoms with Gasteiger partial charge in [-0.25, -0.2) is 0 Å². The van der Waals surface area contributed by atoms with Crippen LogP contribution in [-0.4, -0.2) is 22.7 Å². The van der Waals surface area contributed by atoms with Gasteiger partial charge in [-0.3, -0.25) is 9.89 Å². The quantitative estimate of drug-likeness (QED) is 0.848. The van der Waals surface area contributed by atoms with Gasteiger partial charge in [0, 0.05) is 6.20 Å². The first-order valence-corrected chi connectivity index (χ1v) is 6.63. The number of carbonyl (C=O) groups is 1. The lowest BCUT2D eigenvalue weighted by molar-refractivity contribution is -0.123. The summed E-state index contributed by atoms with van der Waals surface area (Å²) in [5.74, 6) is 0.996. The van der Waals surface area contributed by atoms with Gasteiger partial charge in [0.25, 0.3) is 5.91 Å². The summed E-state index contributed by atoms with van der Waals surface area (Å²) >= 11 is 0. The molecule has 0 bridgehead atoms. The number of hydrogen-bond acceptors (Lipinski definition) is 3. The van der Waals surface area contributed by atoms with Gasteiger partial charge in [0.2, 0.25) is 0 Å². The first kappa shape index (κ1) is 14.1. The minimum atomic E-state index is -0.158. The van der Waals surface area contributed by atoms with E-state index in [9.17, 15) is 4.79 Å². The Labute approximate surface area is 118 Å². The van der Waals surface area contributed by atoms with Crippen molar-refractivity contribution < 1.29 is 9.53 Å². The van der Waals surface area contributed by atoms with Crippen molar-refractivity contribution in [2.24, 2.45) is 0 Å². The van der Waals surface area contributed by atoms with Crippen LogP contribution in [-0.2, 0) is 11.3 Å². The van der Waals surface area contributed by atoms with Gasteiger partial charge in [-0.15, -0.1) is 0 Å². The number of benzene rings is 1. The minimum Gasteiger partial charge on any atom is -0.484 e. The second-order valence-corrected chi connectivity index (χ2v) is 4.87. The van der Waals surface area contributed by atoms with Crippen LogP contribution < -0.4 is 10.1 Å². The molecule has 1 aromatic carbocycles. The third kappa shape index (κ3) is 4.12. The number of ether oxygens (including phenoxy) is 1. The van der Waals surface area contributed by atoms with Crippen LogP contribution in [0.25, 0.3) is 0 Å². The highest BCUT2D eigenvalue weighted by molar-refractivity contribution is 5.77. The molecule has 106 valence electrons. The first-order valence-electron chi connectivity index (χ1n) is 6.63. The van der Waals surface area contributed by atoms with Crippen molar-refractivity contribution >= 4 is 5.91 Å². The van der Waals surface area contributed by atoms with E-state index in [0.717, 1.165) is 5.69 Å². The van der Waals surface area contributed by atoms with E-state index in [4.69, 9.17) is 4.74 Å². The number of rotatable bonds is 6. The summed E-state index contributed by atoms with van der Waals surface area (Å²) < 4.78 is 5.49. The molecule has 20 heavy (non-hydrogen) atoms. The number of hydrogen-bond donors (Lipinski definition) is 2. The Hall–Kier alpha value is -2.30. The van der Waals surface area contributed by atoms with Crippen LogP contribution >= 0.6 is 0 Å². The van der Waals surface area contributed by atoms with Crippen LogP contribution in [0.15, 0.2) is 36.5 Å². The van der Waals surface area contributed by atoms with E-state index in [1.54, 1.807) is 6.20 Å². The molecule has 2 N–H and O–H groups in total. The lowest BCUT2D eigenvalue weighted by atomic mass is 10.0. The molecule has 0 spiro atoms. The van der Waals surface area contributed by atoms with Crippen molar-refractivity contribution in [2.75, 3.05) is 6.61 Å². The smallest absolute Gasteiger partial charge is 0.258 e. The van der Waals surface area contributed by atoms with Crippen LogP contribution in [0.2, 0.25) is 0 Å². The number of aromatic amines is 1. The second-order valence-electron chi connectivity index (χ2n) is 4.87. The number of amides is 1. The van der Waals surface area contributed by atoms with Gasteiger partial charge >= 0.3 is 0 Å². The second kappa shape index (κ2) is 6.75. The Morgan fingerprint density at radius 1 is 1.40 bits per heavy atom. The summed E-state index contributed by atoms with van der Waals surface area (Å²) in [5, 5.41) is 9.35. The monoisotopic (exact) mass is 273 g/mol. The molecule has 0 saturated carbocycles. The van der Waals surface area contributed by atoms with E-state index in [1.165, 1.54) is 5.56 Å². The van der Waals surface area contributed by atoms with Crippen LogP contribution in [0.1, 0.15) is 31.0 Å². The van der Waals surface area contributed by atoms with Crippen molar-refractivity contribution in [2.45, 2.75) is 26.3 Å². The fourth-order valence-electron chi connectivity index (χ4n) is 1.74. The topological polar surface area (TPSA) is 67.0 Å². The van der Waals surface area contributed by atoms with Crippen LogP contribution in [0.3, 0.4) is 0 Å². The lowest BCUT2D eigenvalue weighted by Crippen LogP contribution is -2.28. The standard InChI is InChI=1S/C15H19N3O2/c1-11(2)12-4-3-5-14(8-12)20-10-15(19)16-9-13-6-7-17-18-13/h3-8,11H,9-10H2,1-2H3,(H,16,19)(H,17,18). The Balaban J connectivity index is 1.79. The van der Waals surface area contributed by atoms with E-state index in [-0.39, 0.29) is 12.5 Å². The lowest BCUT2D eigenvalue weighted by Gasteiger charge is -2.10. The summed E-state index contributed by atoms with van der Waals surface area (Å²) in [6, 6.07) is 9.62. The average molecular weight is 273 g/mol. The van der Waals surface area contributed by atoms with Crippen LogP contribution in [0.5, 0.6) is 5.75 Å². The first-order chi connectivity index (χ1) is 9.65. The maximum absolute atomic E-state index is 11.7. The van der Waals surface area contributed by atoms with E-state index < -0.39 is 0 Å². The number of aromatic nitrogens is 2. The number of carbonyl (C=O) groups excluding carboxylic acids is 1.